The number of aromatic amines is 1. The molecule has 1 aliphatic heterocycles. The van der Waals surface area contributed by atoms with Gasteiger partial charge in [-0.25, -0.2) is 4.99 Å². The maximum Gasteiger partial charge on any atom is 0.280 e. The first-order chi connectivity index (χ1) is 8.24. The second-order valence-corrected chi connectivity index (χ2v) is 3.54. The van der Waals surface area contributed by atoms with Crippen LogP contribution < -0.4 is 16.6 Å². The third kappa shape index (κ3) is 1.57. The molecule has 2 aromatic heterocycles. The molecular formula is C10H9N5O2. The largest absolute Gasteiger partial charge is 0.463 e. The van der Waals surface area contributed by atoms with Crippen molar-refractivity contribution in [3.05, 3.63) is 34.5 Å². The predicted molar refractivity (Wildman–Crippen MR) is 62.7 cm³/mol. The van der Waals surface area contributed by atoms with Gasteiger partial charge in [0.05, 0.1) is 12.8 Å². The van der Waals surface area contributed by atoms with Gasteiger partial charge < -0.3 is 15.5 Å². The number of furan rings is 1. The van der Waals surface area contributed by atoms with Crippen molar-refractivity contribution in [1.29, 1.82) is 0 Å². The molecule has 0 spiro atoms. The van der Waals surface area contributed by atoms with Crippen molar-refractivity contribution in [2.45, 2.75) is 0 Å². The van der Waals surface area contributed by atoms with Crippen LogP contribution in [0, 0.1) is 0 Å². The summed E-state index contributed by atoms with van der Waals surface area (Å²) in [6.07, 6.45) is 1.55. The topological polar surface area (TPSA) is 109 Å². The van der Waals surface area contributed by atoms with E-state index in [0.717, 1.165) is 0 Å². The number of nitrogens with two attached hydrogens (primary N) is 1. The molecule has 0 fully saturated rings. The lowest BCUT2D eigenvalue weighted by Gasteiger charge is -2.14. The number of nitrogens with one attached hydrogen (secondary N) is 2. The number of hydrogen-bond donors (Lipinski definition) is 3. The number of aromatic nitrogens is 2. The molecule has 3 heterocycles. The lowest BCUT2D eigenvalue weighted by Crippen LogP contribution is -2.24. The van der Waals surface area contributed by atoms with E-state index in [2.05, 4.69) is 20.3 Å². The Morgan fingerprint density at radius 1 is 1.47 bits per heavy atom. The Bertz CT molecular complexity index is 641. The fraction of sp³-hybridized carbons (Fsp3) is 0.100. The molecule has 0 atom stereocenters. The molecule has 3 rings (SSSR count). The van der Waals surface area contributed by atoms with Crippen molar-refractivity contribution in [2.24, 2.45) is 4.99 Å². The van der Waals surface area contributed by atoms with Gasteiger partial charge in [0.15, 0.2) is 11.5 Å². The minimum Gasteiger partial charge on any atom is -0.463 e. The summed E-state index contributed by atoms with van der Waals surface area (Å²) in [6.45, 7) is 0.441. The fourth-order valence-corrected chi connectivity index (χ4v) is 1.64. The Kier molecular flexibility index (Phi) is 1.97. The number of fused-ring (bicyclic) bond motifs is 1. The first-order valence-corrected chi connectivity index (χ1v) is 4.99. The zero-order valence-corrected chi connectivity index (χ0v) is 8.73. The fourth-order valence-electron chi connectivity index (χ4n) is 1.64. The van der Waals surface area contributed by atoms with Crippen molar-refractivity contribution >= 4 is 23.2 Å². The Morgan fingerprint density at radius 3 is 3.12 bits per heavy atom. The number of anilines is 2. The van der Waals surface area contributed by atoms with Gasteiger partial charge in [0.1, 0.15) is 11.5 Å². The highest BCUT2D eigenvalue weighted by Gasteiger charge is 2.18. The van der Waals surface area contributed by atoms with Crippen molar-refractivity contribution < 1.29 is 4.42 Å². The van der Waals surface area contributed by atoms with Crippen LogP contribution >= 0.6 is 0 Å². The van der Waals surface area contributed by atoms with Crippen LogP contribution in [0.25, 0.3) is 0 Å². The van der Waals surface area contributed by atoms with Gasteiger partial charge in [-0.05, 0) is 12.1 Å². The van der Waals surface area contributed by atoms with Gasteiger partial charge in [-0.15, -0.1) is 0 Å². The molecule has 0 unspecified atom stereocenters. The number of hydrogen-bond acceptors (Lipinski definition) is 6. The molecule has 0 aliphatic carbocycles. The van der Waals surface area contributed by atoms with E-state index >= 15 is 0 Å². The normalized spacial score (nSPS) is 13.8. The first kappa shape index (κ1) is 9.64. The van der Waals surface area contributed by atoms with Gasteiger partial charge in [-0.2, -0.15) is 4.98 Å². The lowest BCUT2D eigenvalue weighted by atomic mass is 10.2. The van der Waals surface area contributed by atoms with Crippen molar-refractivity contribution in [2.75, 3.05) is 17.6 Å². The van der Waals surface area contributed by atoms with E-state index in [1.54, 1.807) is 18.4 Å². The average Bonchev–Trinajstić information content (AvgIpc) is 2.82. The molecule has 0 saturated carbocycles. The summed E-state index contributed by atoms with van der Waals surface area (Å²) in [5.74, 6) is 1.08. The summed E-state index contributed by atoms with van der Waals surface area (Å²) >= 11 is 0. The lowest BCUT2D eigenvalue weighted by molar-refractivity contribution is 0.556. The summed E-state index contributed by atoms with van der Waals surface area (Å²) < 4.78 is 5.22. The van der Waals surface area contributed by atoms with E-state index < -0.39 is 0 Å². The van der Waals surface area contributed by atoms with Crippen molar-refractivity contribution in [3.8, 4) is 0 Å². The minimum atomic E-state index is -0.372. The maximum atomic E-state index is 11.6. The Labute approximate surface area is 95.4 Å². The van der Waals surface area contributed by atoms with E-state index in [1.807, 2.05) is 0 Å². The molecule has 0 amide bonds. The summed E-state index contributed by atoms with van der Waals surface area (Å²) in [7, 11) is 0. The van der Waals surface area contributed by atoms with Crippen LogP contribution in [0.4, 0.5) is 17.5 Å². The van der Waals surface area contributed by atoms with Crippen LogP contribution in [-0.4, -0.2) is 22.2 Å². The zero-order valence-electron chi connectivity index (χ0n) is 8.73. The number of aliphatic imine (C=N–C) groups is 1. The summed E-state index contributed by atoms with van der Waals surface area (Å²) in [6, 6.07) is 3.54. The molecule has 86 valence electrons. The molecule has 7 heteroatoms. The highest BCUT2D eigenvalue weighted by Crippen LogP contribution is 2.23. The van der Waals surface area contributed by atoms with E-state index in [4.69, 9.17) is 10.2 Å². The van der Waals surface area contributed by atoms with Gasteiger partial charge in [0.25, 0.3) is 5.56 Å². The van der Waals surface area contributed by atoms with Gasteiger partial charge >= 0.3 is 0 Å². The molecule has 1 aliphatic rings. The molecule has 7 nitrogen and oxygen atoms in total. The van der Waals surface area contributed by atoms with Gasteiger partial charge in [0.2, 0.25) is 5.95 Å². The molecule has 0 bridgehead atoms. The second-order valence-electron chi connectivity index (χ2n) is 3.54. The van der Waals surface area contributed by atoms with E-state index in [9.17, 15) is 4.79 Å². The van der Waals surface area contributed by atoms with Gasteiger partial charge in [0, 0.05) is 0 Å². The van der Waals surface area contributed by atoms with E-state index in [1.165, 1.54) is 0 Å². The van der Waals surface area contributed by atoms with Crippen molar-refractivity contribution in [1.82, 2.24) is 9.97 Å². The predicted octanol–water partition coefficient (Wildman–Crippen LogP) is 0.491. The number of nitrogens with zero attached hydrogens (tertiary/aromatic N) is 2. The first-order valence-electron chi connectivity index (χ1n) is 4.99. The molecule has 4 N–H and O–H groups in total. The molecule has 17 heavy (non-hydrogen) atoms. The van der Waals surface area contributed by atoms with Crippen LogP contribution in [0.3, 0.4) is 0 Å². The SMILES string of the molecule is Nc1nc2c(c(=O)[nH]1)N=C(c1ccco1)CN2. The Morgan fingerprint density at radius 2 is 2.35 bits per heavy atom. The smallest absolute Gasteiger partial charge is 0.280 e. The van der Waals surface area contributed by atoms with Crippen LogP contribution in [0.1, 0.15) is 5.76 Å². The third-order valence-corrected chi connectivity index (χ3v) is 2.39. The molecule has 2 aromatic rings. The van der Waals surface area contributed by atoms with E-state index in [0.29, 0.717) is 23.8 Å². The summed E-state index contributed by atoms with van der Waals surface area (Å²) in [5, 5.41) is 2.98. The zero-order chi connectivity index (χ0) is 11.8. The second kappa shape index (κ2) is 3.48. The maximum absolute atomic E-state index is 11.6. The minimum absolute atomic E-state index is 0.0675. The van der Waals surface area contributed by atoms with E-state index in [-0.39, 0.29) is 17.2 Å². The van der Waals surface area contributed by atoms with Crippen LogP contribution in [0.15, 0.2) is 32.6 Å². The van der Waals surface area contributed by atoms with Crippen LogP contribution in [-0.2, 0) is 0 Å². The average molecular weight is 231 g/mol. The molecule has 0 aromatic carbocycles. The summed E-state index contributed by atoms with van der Waals surface area (Å²) in [4.78, 5) is 22.2. The Balaban J connectivity index is 2.14. The van der Waals surface area contributed by atoms with Crippen LogP contribution in [0.5, 0.6) is 0 Å². The molecule has 0 radical (unpaired) electrons. The highest BCUT2D eigenvalue weighted by atomic mass is 16.3. The van der Waals surface area contributed by atoms with Gasteiger partial charge in [-0.1, -0.05) is 0 Å². The quantitative estimate of drug-likeness (QED) is 0.661. The summed E-state index contributed by atoms with van der Waals surface area (Å²) in [5.41, 5.74) is 5.94. The third-order valence-electron chi connectivity index (χ3n) is 2.39. The number of nitrogen functional groups attached to an aromatic ring is 1. The van der Waals surface area contributed by atoms with Crippen LogP contribution in [0.2, 0.25) is 0 Å². The highest BCUT2D eigenvalue weighted by molar-refractivity contribution is 6.04. The Hall–Kier alpha value is -2.57. The molecule has 0 saturated heterocycles. The van der Waals surface area contributed by atoms with Crippen molar-refractivity contribution in [3.63, 3.8) is 0 Å². The molecular weight excluding hydrogens is 222 g/mol. The standard InChI is InChI=1S/C10H9N5O2/c11-10-14-8-7(9(16)15-10)13-5(4-12-8)6-2-1-3-17-6/h1-3H,4H2,(H4,11,12,14,15,16). The van der Waals surface area contributed by atoms with Gasteiger partial charge in [-0.3, -0.25) is 9.78 Å². The number of rotatable bonds is 1. The monoisotopic (exact) mass is 231 g/mol. The number of H-pyrrole nitrogens is 1.